The summed E-state index contributed by atoms with van der Waals surface area (Å²) in [6.45, 7) is 7.39. The number of nitrogens with one attached hydrogen (secondary N) is 2. The summed E-state index contributed by atoms with van der Waals surface area (Å²) in [6, 6.07) is 18.1. The standard InChI is InChI=1S/C29H35N3O5/c1-19(2)14-27(28-17-25(37-32-28)16-26(20(3)33)30-21(4)34)31-29(35)15-22-10-12-24(13-11-22)36-18-23-8-6-5-7-9-23/h5-13,17,19,26-27H,14-16,18H2,1-4H3,(H,30,34)(H,31,35). The van der Waals surface area contributed by atoms with Crippen molar-refractivity contribution < 1.29 is 23.6 Å². The zero-order valence-electron chi connectivity index (χ0n) is 21.8. The first-order valence-corrected chi connectivity index (χ1v) is 12.5. The van der Waals surface area contributed by atoms with Gasteiger partial charge in [0, 0.05) is 19.4 Å². The summed E-state index contributed by atoms with van der Waals surface area (Å²) in [7, 11) is 0. The summed E-state index contributed by atoms with van der Waals surface area (Å²) in [4.78, 5) is 36.1. The third-order valence-electron chi connectivity index (χ3n) is 5.79. The zero-order chi connectivity index (χ0) is 26.8. The number of rotatable bonds is 13. The van der Waals surface area contributed by atoms with E-state index < -0.39 is 6.04 Å². The molecule has 2 atom stereocenters. The molecule has 0 spiro atoms. The van der Waals surface area contributed by atoms with Crippen LogP contribution in [0.4, 0.5) is 0 Å². The molecule has 0 bridgehead atoms. The monoisotopic (exact) mass is 505 g/mol. The molecular weight excluding hydrogens is 470 g/mol. The van der Waals surface area contributed by atoms with Crippen molar-refractivity contribution in [1.29, 1.82) is 0 Å². The normalized spacial score (nSPS) is 12.6. The van der Waals surface area contributed by atoms with E-state index in [1.165, 1.54) is 13.8 Å². The number of carbonyl (C=O) groups excluding carboxylic acids is 3. The highest BCUT2D eigenvalue weighted by atomic mass is 16.5. The molecule has 37 heavy (non-hydrogen) atoms. The lowest BCUT2D eigenvalue weighted by molar-refractivity contribution is -0.125. The number of benzene rings is 2. The first-order valence-electron chi connectivity index (χ1n) is 12.5. The maximum atomic E-state index is 12.9. The highest BCUT2D eigenvalue weighted by Crippen LogP contribution is 2.22. The van der Waals surface area contributed by atoms with Crippen LogP contribution in [0.5, 0.6) is 5.75 Å². The first-order chi connectivity index (χ1) is 17.7. The lowest BCUT2D eigenvalue weighted by Crippen LogP contribution is -2.40. The van der Waals surface area contributed by atoms with Gasteiger partial charge in [-0.3, -0.25) is 14.4 Å². The second-order valence-electron chi connectivity index (χ2n) is 9.63. The summed E-state index contributed by atoms with van der Waals surface area (Å²) in [6.07, 6.45) is 1.09. The molecule has 2 aromatic carbocycles. The molecule has 2 unspecified atom stereocenters. The number of hydrogen-bond acceptors (Lipinski definition) is 6. The molecule has 0 aliphatic carbocycles. The van der Waals surface area contributed by atoms with E-state index in [1.54, 1.807) is 6.07 Å². The van der Waals surface area contributed by atoms with E-state index in [9.17, 15) is 14.4 Å². The van der Waals surface area contributed by atoms with Gasteiger partial charge < -0.3 is 19.9 Å². The van der Waals surface area contributed by atoms with Crippen LogP contribution in [0.3, 0.4) is 0 Å². The maximum absolute atomic E-state index is 12.9. The Labute approximate surface area is 217 Å². The number of Topliss-reactive ketones (excluding diaryl/α,β-unsaturated/α-hetero) is 1. The van der Waals surface area contributed by atoms with E-state index in [2.05, 4.69) is 29.6 Å². The van der Waals surface area contributed by atoms with Gasteiger partial charge >= 0.3 is 0 Å². The minimum atomic E-state index is -0.684. The molecule has 1 heterocycles. The Kier molecular flexibility index (Phi) is 10.0. The minimum Gasteiger partial charge on any atom is -0.489 e. The highest BCUT2D eigenvalue weighted by molar-refractivity contribution is 5.86. The van der Waals surface area contributed by atoms with Gasteiger partial charge in [0.05, 0.1) is 18.5 Å². The van der Waals surface area contributed by atoms with Crippen LogP contribution in [0, 0.1) is 5.92 Å². The molecule has 3 rings (SSSR count). The first kappa shape index (κ1) is 27.6. The molecule has 2 amide bonds. The summed E-state index contributed by atoms with van der Waals surface area (Å²) < 4.78 is 11.3. The molecule has 8 nitrogen and oxygen atoms in total. The van der Waals surface area contributed by atoms with Crippen molar-refractivity contribution in [1.82, 2.24) is 15.8 Å². The number of amides is 2. The van der Waals surface area contributed by atoms with Gasteiger partial charge in [0.1, 0.15) is 23.8 Å². The lowest BCUT2D eigenvalue weighted by Gasteiger charge is -2.18. The molecule has 0 saturated heterocycles. The third-order valence-corrected chi connectivity index (χ3v) is 5.79. The van der Waals surface area contributed by atoms with Crippen molar-refractivity contribution in [3.63, 3.8) is 0 Å². The Morgan fingerprint density at radius 2 is 1.65 bits per heavy atom. The fraction of sp³-hybridized carbons (Fsp3) is 0.379. The molecule has 0 radical (unpaired) electrons. The largest absolute Gasteiger partial charge is 0.489 e. The average Bonchev–Trinajstić information content (AvgIpc) is 3.31. The van der Waals surface area contributed by atoms with Gasteiger partial charge in [-0.1, -0.05) is 61.5 Å². The van der Waals surface area contributed by atoms with Gasteiger partial charge in [-0.25, -0.2) is 0 Å². The van der Waals surface area contributed by atoms with Crippen molar-refractivity contribution in [2.75, 3.05) is 0 Å². The average molecular weight is 506 g/mol. The molecule has 2 N–H and O–H groups in total. The molecule has 8 heteroatoms. The number of carbonyl (C=O) groups is 3. The Balaban J connectivity index is 1.59. The second-order valence-corrected chi connectivity index (χ2v) is 9.63. The summed E-state index contributed by atoms with van der Waals surface area (Å²) >= 11 is 0. The van der Waals surface area contributed by atoms with E-state index >= 15 is 0 Å². The van der Waals surface area contributed by atoms with Gasteiger partial charge in [-0.05, 0) is 42.5 Å². The molecule has 0 aliphatic heterocycles. The van der Waals surface area contributed by atoms with Gasteiger partial charge in [0.15, 0.2) is 5.78 Å². The van der Waals surface area contributed by atoms with E-state index in [0.717, 1.165) is 16.9 Å². The number of ether oxygens (including phenoxy) is 1. The smallest absolute Gasteiger partial charge is 0.224 e. The zero-order valence-corrected chi connectivity index (χ0v) is 21.8. The van der Waals surface area contributed by atoms with Crippen LogP contribution >= 0.6 is 0 Å². The topological polar surface area (TPSA) is 111 Å². The summed E-state index contributed by atoms with van der Waals surface area (Å²) in [5, 5.41) is 9.84. The number of hydrogen-bond donors (Lipinski definition) is 2. The number of nitrogens with zero attached hydrogens (tertiary/aromatic N) is 1. The second kappa shape index (κ2) is 13.4. The van der Waals surface area contributed by atoms with Gasteiger partial charge in [-0.2, -0.15) is 0 Å². The molecule has 0 saturated carbocycles. The van der Waals surface area contributed by atoms with Crippen molar-refractivity contribution in [3.8, 4) is 5.75 Å². The molecule has 1 aromatic heterocycles. The van der Waals surface area contributed by atoms with Crippen LogP contribution in [0.2, 0.25) is 0 Å². The minimum absolute atomic E-state index is 0.131. The highest BCUT2D eigenvalue weighted by Gasteiger charge is 2.23. The van der Waals surface area contributed by atoms with Crippen molar-refractivity contribution >= 4 is 17.6 Å². The fourth-order valence-corrected chi connectivity index (χ4v) is 3.93. The van der Waals surface area contributed by atoms with E-state index in [-0.39, 0.29) is 36.5 Å². The van der Waals surface area contributed by atoms with Crippen LogP contribution < -0.4 is 15.4 Å². The molecule has 3 aromatic rings. The summed E-state index contributed by atoms with van der Waals surface area (Å²) in [5.41, 5.74) is 2.55. The van der Waals surface area contributed by atoms with Crippen LogP contribution in [0.15, 0.2) is 65.2 Å². The summed E-state index contributed by atoms with van der Waals surface area (Å²) in [5.74, 6) is 0.920. The van der Waals surface area contributed by atoms with Crippen molar-refractivity contribution in [2.24, 2.45) is 5.92 Å². The third kappa shape index (κ3) is 9.22. The molecule has 196 valence electrons. The maximum Gasteiger partial charge on any atom is 0.224 e. The fourth-order valence-electron chi connectivity index (χ4n) is 3.93. The molecule has 0 aliphatic rings. The van der Waals surface area contributed by atoms with Crippen LogP contribution in [-0.4, -0.2) is 28.8 Å². The van der Waals surface area contributed by atoms with Gasteiger partial charge in [-0.15, -0.1) is 0 Å². The Morgan fingerprint density at radius 1 is 0.946 bits per heavy atom. The predicted octanol–water partition coefficient (Wildman–Crippen LogP) is 4.34. The van der Waals surface area contributed by atoms with E-state index in [4.69, 9.17) is 9.26 Å². The Hall–Kier alpha value is -3.94. The molecule has 0 fully saturated rings. The number of aromatic nitrogens is 1. The van der Waals surface area contributed by atoms with E-state index in [1.807, 2.05) is 54.6 Å². The van der Waals surface area contributed by atoms with E-state index in [0.29, 0.717) is 30.4 Å². The quantitative estimate of drug-likeness (QED) is 0.358. The Morgan fingerprint density at radius 3 is 2.27 bits per heavy atom. The van der Waals surface area contributed by atoms with Crippen LogP contribution in [-0.2, 0) is 33.8 Å². The molecular formula is C29H35N3O5. The van der Waals surface area contributed by atoms with Gasteiger partial charge in [0.25, 0.3) is 0 Å². The van der Waals surface area contributed by atoms with Crippen LogP contribution in [0.1, 0.15) is 62.7 Å². The van der Waals surface area contributed by atoms with Gasteiger partial charge in [0.2, 0.25) is 11.8 Å². The lowest BCUT2D eigenvalue weighted by atomic mass is 9.99. The van der Waals surface area contributed by atoms with Crippen LogP contribution in [0.25, 0.3) is 0 Å². The SMILES string of the molecule is CC(=O)NC(Cc1cc(C(CC(C)C)NC(=O)Cc2ccc(OCc3ccccc3)cc2)no1)C(C)=O. The Bertz CT molecular complexity index is 1170. The number of ketones is 1. The van der Waals surface area contributed by atoms with Crippen molar-refractivity contribution in [2.45, 2.75) is 65.6 Å². The predicted molar refractivity (Wildman–Crippen MR) is 140 cm³/mol. The van der Waals surface area contributed by atoms with Crippen molar-refractivity contribution in [3.05, 3.63) is 83.2 Å².